The van der Waals surface area contributed by atoms with Crippen LogP contribution in [0, 0.1) is 0 Å². The Morgan fingerprint density at radius 1 is 1.26 bits per heavy atom. The van der Waals surface area contributed by atoms with Gasteiger partial charge in [0.1, 0.15) is 12.1 Å². The Morgan fingerprint density at radius 3 is 2.84 bits per heavy atom. The molecule has 0 radical (unpaired) electrons. The van der Waals surface area contributed by atoms with Crippen molar-refractivity contribution < 1.29 is 4.52 Å². The zero-order valence-corrected chi connectivity index (χ0v) is 10.8. The Bertz CT molecular complexity index is 477. The SMILES string of the molecule is c1ccc(N2CCC(NCc3ccon3)CC2)nc1. The van der Waals surface area contributed by atoms with Gasteiger partial charge in [0.2, 0.25) is 0 Å². The maximum Gasteiger partial charge on any atom is 0.128 e. The molecule has 0 unspecified atom stereocenters. The summed E-state index contributed by atoms with van der Waals surface area (Å²) in [5.74, 6) is 1.08. The third kappa shape index (κ3) is 3.12. The van der Waals surface area contributed by atoms with Crippen LogP contribution in [0.3, 0.4) is 0 Å². The van der Waals surface area contributed by atoms with Crippen LogP contribution in [0.1, 0.15) is 18.5 Å². The average molecular weight is 258 g/mol. The first kappa shape index (κ1) is 12.2. The standard InChI is InChI=1S/C14H18N4O/c1-2-7-15-14(3-1)18-8-4-12(5-9-18)16-11-13-6-10-19-17-13/h1-3,6-7,10,12,16H,4-5,8-9,11H2. The molecular weight excluding hydrogens is 240 g/mol. The van der Waals surface area contributed by atoms with Crippen LogP contribution in [0.15, 0.2) is 41.2 Å². The van der Waals surface area contributed by atoms with Crippen molar-refractivity contribution in [2.75, 3.05) is 18.0 Å². The molecule has 1 saturated heterocycles. The summed E-state index contributed by atoms with van der Waals surface area (Å²) in [6.45, 7) is 2.88. The molecule has 1 fully saturated rings. The van der Waals surface area contributed by atoms with Crippen LogP contribution in [0.25, 0.3) is 0 Å². The molecule has 0 amide bonds. The molecule has 1 aliphatic rings. The molecule has 1 N–H and O–H groups in total. The van der Waals surface area contributed by atoms with Gasteiger partial charge in [0.15, 0.2) is 0 Å². The number of rotatable bonds is 4. The Labute approximate surface area is 112 Å². The second-order valence-electron chi connectivity index (χ2n) is 4.82. The van der Waals surface area contributed by atoms with Crippen molar-refractivity contribution in [2.24, 2.45) is 0 Å². The van der Waals surface area contributed by atoms with Crippen molar-refractivity contribution in [3.63, 3.8) is 0 Å². The summed E-state index contributed by atoms with van der Waals surface area (Å²) in [7, 11) is 0. The topological polar surface area (TPSA) is 54.2 Å². The molecule has 2 aromatic rings. The summed E-state index contributed by atoms with van der Waals surface area (Å²) in [5.41, 5.74) is 0.965. The van der Waals surface area contributed by atoms with Crippen molar-refractivity contribution in [2.45, 2.75) is 25.4 Å². The number of nitrogens with zero attached hydrogens (tertiary/aromatic N) is 3. The van der Waals surface area contributed by atoms with Gasteiger partial charge in [-0.2, -0.15) is 0 Å². The Hall–Kier alpha value is -1.88. The van der Waals surface area contributed by atoms with Gasteiger partial charge in [-0.05, 0) is 25.0 Å². The highest BCUT2D eigenvalue weighted by atomic mass is 16.5. The van der Waals surface area contributed by atoms with E-state index < -0.39 is 0 Å². The Morgan fingerprint density at radius 2 is 2.16 bits per heavy atom. The van der Waals surface area contributed by atoms with E-state index in [4.69, 9.17) is 4.52 Å². The Balaban J connectivity index is 1.47. The Kier molecular flexibility index (Phi) is 3.74. The highest BCUT2D eigenvalue weighted by Crippen LogP contribution is 2.17. The third-order valence-electron chi connectivity index (χ3n) is 3.53. The molecule has 19 heavy (non-hydrogen) atoms. The van der Waals surface area contributed by atoms with E-state index in [1.54, 1.807) is 6.26 Å². The van der Waals surface area contributed by atoms with Gasteiger partial charge in [-0.3, -0.25) is 0 Å². The van der Waals surface area contributed by atoms with Gasteiger partial charge in [-0.25, -0.2) is 4.98 Å². The molecule has 3 heterocycles. The first-order valence-electron chi connectivity index (χ1n) is 6.70. The van der Waals surface area contributed by atoms with Crippen LogP contribution in [0.5, 0.6) is 0 Å². The molecule has 0 aromatic carbocycles. The van der Waals surface area contributed by atoms with E-state index >= 15 is 0 Å². The van der Waals surface area contributed by atoms with Crippen molar-refractivity contribution in [3.8, 4) is 0 Å². The number of pyridine rings is 1. The van der Waals surface area contributed by atoms with Crippen LogP contribution in [0.4, 0.5) is 5.82 Å². The molecular formula is C14H18N4O. The zero-order chi connectivity index (χ0) is 12.9. The molecule has 0 bridgehead atoms. The van der Waals surface area contributed by atoms with Crippen molar-refractivity contribution in [1.82, 2.24) is 15.5 Å². The van der Waals surface area contributed by atoms with Gasteiger partial charge in [-0.1, -0.05) is 11.2 Å². The summed E-state index contributed by atoms with van der Waals surface area (Å²) in [4.78, 5) is 6.74. The maximum absolute atomic E-state index is 4.82. The molecule has 0 aliphatic carbocycles. The first-order chi connectivity index (χ1) is 9.42. The van der Waals surface area contributed by atoms with Crippen LogP contribution >= 0.6 is 0 Å². The van der Waals surface area contributed by atoms with Crippen molar-refractivity contribution >= 4 is 5.82 Å². The predicted molar refractivity (Wildman–Crippen MR) is 72.8 cm³/mol. The second kappa shape index (κ2) is 5.84. The fourth-order valence-corrected chi connectivity index (χ4v) is 2.43. The summed E-state index contributed by atoms with van der Waals surface area (Å²) in [5, 5.41) is 7.43. The number of nitrogens with one attached hydrogen (secondary N) is 1. The van der Waals surface area contributed by atoms with Crippen LogP contribution < -0.4 is 10.2 Å². The van der Waals surface area contributed by atoms with Gasteiger partial charge in [0.05, 0.1) is 5.69 Å². The number of hydrogen-bond donors (Lipinski definition) is 1. The minimum absolute atomic E-state index is 0.552. The lowest BCUT2D eigenvalue weighted by atomic mass is 10.0. The maximum atomic E-state index is 4.82. The van der Waals surface area contributed by atoms with E-state index in [0.717, 1.165) is 44.0 Å². The van der Waals surface area contributed by atoms with Gasteiger partial charge >= 0.3 is 0 Å². The summed E-state index contributed by atoms with van der Waals surface area (Å²) in [6, 6.07) is 8.52. The van der Waals surface area contributed by atoms with E-state index in [1.807, 2.05) is 24.4 Å². The van der Waals surface area contributed by atoms with E-state index in [1.165, 1.54) is 0 Å². The van der Waals surface area contributed by atoms with E-state index in [0.29, 0.717) is 6.04 Å². The van der Waals surface area contributed by atoms with Gasteiger partial charge in [-0.15, -0.1) is 0 Å². The van der Waals surface area contributed by atoms with Crippen LogP contribution in [0.2, 0.25) is 0 Å². The first-order valence-corrected chi connectivity index (χ1v) is 6.70. The molecule has 2 aromatic heterocycles. The highest BCUT2D eigenvalue weighted by molar-refractivity contribution is 5.38. The molecule has 5 heteroatoms. The van der Waals surface area contributed by atoms with Crippen molar-refractivity contribution in [3.05, 3.63) is 42.4 Å². The summed E-state index contributed by atoms with van der Waals surface area (Å²) in [6.07, 6.45) is 5.73. The number of hydrogen-bond acceptors (Lipinski definition) is 5. The van der Waals surface area contributed by atoms with E-state index in [2.05, 4.69) is 26.4 Å². The van der Waals surface area contributed by atoms with Gasteiger partial charge < -0.3 is 14.7 Å². The average Bonchev–Trinajstić information content (AvgIpc) is 3.00. The van der Waals surface area contributed by atoms with Crippen LogP contribution in [-0.2, 0) is 6.54 Å². The molecule has 100 valence electrons. The molecule has 0 saturated carbocycles. The second-order valence-corrected chi connectivity index (χ2v) is 4.82. The lowest BCUT2D eigenvalue weighted by Crippen LogP contribution is -2.42. The number of piperidine rings is 1. The fourth-order valence-electron chi connectivity index (χ4n) is 2.43. The van der Waals surface area contributed by atoms with Crippen LogP contribution in [-0.4, -0.2) is 29.3 Å². The molecule has 3 rings (SSSR count). The van der Waals surface area contributed by atoms with Gasteiger partial charge in [0, 0.05) is 37.9 Å². The minimum Gasteiger partial charge on any atom is -0.364 e. The number of anilines is 1. The van der Waals surface area contributed by atoms with Gasteiger partial charge in [0.25, 0.3) is 0 Å². The molecule has 0 atom stereocenters. The van der Waals surface area contributed by atoms with Crippen molar-refractivity contribution in [1.29, 1.82) is 0 Å². The summed E-state index contributed by atoms with van der Waals surface area (Å²) < 4.78 is 4.82. The lowest BCUT2D eigenvalue weighted by molar-refractivity contribution is 0.386. The third-order valence-corrected chi connectivity index (χ3v) is 3.53. The molecule has 0 spiro atoms. The fraction of sp³-hybridized carbons (Fsp3) is 0.429. The predicted octanol–water partition coefficient (Wildman–Crippen LogP) is 1.83. The summed E-state index contributed by atoms with van der Waals surface area (Å²) >= 11 is 0. The normalized spacial score (nSPS) is 16.7. The molecule has 5 nitrogen and oxygen atoms in total. The lowest BCUT2D eigenvalue weighted by Gasteiger charge is -2.33. The highest BCUT2D eigenvalue weighted by Gasteiger charge is 2.19. The largest absolute Gasteiger partial charge is 0.364 e. The quantitative estimate of drug-likeness (QED) is 0.906. The monoisotopic (exact) mass is 258 g/mol. The minimum atomic E-state index is 0.552. The molecule has 1 aliphatic heterocycles. The smallest absolute Gasteiger partial charge is 0.128 e. The zero-order valence-electron chi connectivity index (χ0n) is 10.8. The number of aromatic nitrogens is 2. The van der Waals surface area contributed by atoms with E-state index in [-0.39, 0.29) is 0 Å². The van der Waals surface area contributed by atoms with E-state index in [9.17, 15) is 0 Å².